The second-order valence-electron chi connectivity index (χ2n) is 3.67. The molecule has 4 heteroatoms. The molecule has 0 fully saturated rings. The topological polar surface area (TPSA) is 51.6 Å². The van der Waals surface area contributed by atoms with Crippen molar-refractivity contribution in [1.29, 1.82) is 0 Å². The molecule has 0 aliphatic carbocycles. The zero-order chi connectivity index (χ0) is 12.8. The molecule has 0 bridgehead atoms. The van der Waals surface area contributed by atoms with Gasteiger partial charge in [0, 0.05) is 30.8 Å². The molecule has 0 unspecified atom stereocenters. The first kappa shape index (κ1) is 12.1. The lowest BCUT2D eigenvalue weighted by Gasteiger charge is -2.09. The lowest BCUT2D eigenvalue weighted by Crippen LogP contribution is -2.02. The van der Waals surface area contributed by atoms with Crippen LogP contribution in [0.1, 0.15) is 11.4 Å². The zero-order valence-electron chi connectivity index (χ0n) is 10.0. The van der Waals surface area contributed by atoms with Crippen molar-refractivity contribution < 1.29 is 0 Å². The fourth-order valence-corrected chi connectivity index (χ4v) is 1.72. The Labute approximate surface area is 106 Å². The largest absolute Gasteiger partial charge is 0.261 e. The smallest absolute Gasteiger partial charge is 0.198 e. The first-order valence-electron chi connectivity index (χ1n) is 5.60. The van der Waals surface area contributed by atoms with Crippen LogP contribution in [-0.4, -0.2) is 19.9 Å². The van der Waals surface area contributed by atoms with Gasteiger partial charge in [-0.25, -0.2) is 9.97 Å². The Bertz CT molecular complexity index is 521. The van der Waals surface area contributed by atoms with E-state index in [1.807, 2.05) is 0 Å². The van der Waals surface area contributed by atoms with Crippen molar-refractivity contribution in [1.82, 2.24) is 19.9 Å². The van der Waals surface area contributed by atoms with Crippen LogP contribution in [0, 0.1) is 6.33 Å². The average Bonchev–Trinajstić information content (AvgIpc) is 2.41. The summed E-state index contributed by atoms with van der Waals surface area (Å²) in [7, 11) is 0. The van der Waals surface area contributed by atoms with Gasteiger partial charge in [0.25, 0.3) is 0 Å². The molecule has 0 amide bonds. The number of hydrogen-bond donors (Lipinski definition) is 0. The van der Waals surface area contributed by atoms with Crippen molar-refractivity contribution in [2.24, 2.45) is 0 Å². The van der Waals surface area contributed by atoms with Crippen LogP contribution in [0.15, 0.2) is 43.9 Å². The van der Waals surface area contributed by atoms with Crippen molar-refractivity contribution in [2.75, 3.05) is 0 Å². The molecule has 2 aromatic heterocycles. The Hall–Kier alpha value is -2.36. The lowest BCUT2D eigenvalue weighted by atomic mass is 10.0. The molecule has 0 aromatic carbocycles. The molecule has 1 radical (unpaired) electrons. The van der Waals surface area contributed by atoms with Crippen LogP contribution in [0.5, 0.6) is 0 Å². The van der Waals surface area contributed by atoms with E-state index in [0.717, 1.165) is 22.6 Å². The maximum atomic E-state index is 4.31. The van der Waals surface area contributed by atoms with Gasteiger partial charge in [-0.2, -0.15) is 0 Å². The number of nitrogens with zero attached hydrogens (tertiary/aromatic N) is 4. The Morgan fingerprint density at radius 3 is 2.22 bits per heavy atom. The molecule has 2 aromatic rings. The third-order valence-corrected chi connectivity index (χ3v) is 2.44. The number of rotatable bonds is 5. The van der Waals surface area contributed by atoms with Gasteiger partial charge in [0.15, 0.2) is 6.33 Å². The summed E-state index contributed by atoms with van der Waals surface area (Å²) in [4.78, 5) is 16.7. The molecule has 18 heavy (non-hydrogen) atoms. The SMILES string of the molecule is C=CCc1n[c]nc(CC=C)c1-c1cnccn1. The first-order chi connectivity index (χ1) is 8.86. The summed E-state index contributed by atoms with van der Waals surface area (Å²) in [5.74, 6) is 0. The predicted octanol–water partition coefficient (Wildman–Crippen LogP) is 2.19. The summed E-state index contributed by atoms with van der Waals surface area (Å²) in [6.45, 7) is 7.47. The minimum Gasteiger partial charge on any atom is -0.261 e. The van der Waals surface area contributed by atoms with E-state index in [1.54, 1.807) is 30.7 Å². The van der Waals surface area contributed by atoms with E-state index in [2.05, 4.69) is 39.4 Å². The molecule has 2 rings (SSSR count). The van der Waals surface area contributed by atoms with Crippen LogP contribution < -0.4 is 0 Å². The minimum atomic E-state index is 0.648. The highest BCUT2D eigenvalue weighted by molar-refractivity contribution is 5.64. The predicted molar refractivity (Wildman–Crippen MR) is 69.7 cm³/mol. The van der Waals surface area contributed by atoms with E-state index in [0.29, 0.717) is 12.8 Å². The Morgan fingerprint density at radius 1 is 1.06 bits per heavy atom. The van der Waals surface area contributed by atoms with E-state index in [9.17, 15) is 0 Å². The van der Waals surface area contributed by atoms with E-state index < -0.39 is 0 Å². The molecule has 0 saturated carbocycles. The van der Waals surface area contributed by atoms with Gasteiger partial charge in [-0.05, 0) is 0 Å². The van der Waals surface area contributed by atoms with E-state index in [1.165, 1.54) is 0 Å². The number of hydrogen-bond acceptors (Lipinski definition) is 4. The Balaban J connectivity index is 2.59. The molecule has 2 heterocycles. The van der Waals surface area contributed by atoms with Gasteiger partial charge in [-0.15, -0.1) is 13.2 Å². The molecule has 0 spiro atoms. The van der Waals surface area contributed by atoms with Crippen molar-refractivity contribution >= 4 is 0 Å². The fourth-order valence-electron chi connectivity index (χ4n) is 1.72. The van der Waals surface area contributed by atoms with Gasteiger partial charge in [-0.1, -0.05) is 12.2 Å². The molecule has 4 nitrogen and oxygen atoms in total. The van der Waals surface area contributed by atoms with Crippen LogP contribution in [-0.2, 0) is 12.8 Å². The summed E-state index contributed by atoms with van der Waals surface area (Å²) in [5, 5.41) is 0. The zero-order valence-corrected chi connectivity index (χ0v) is 10.0. The second kappa shape index (κ2) is 5.82. The van der Waals surface area contributed by atoms with Crippen molar-refractivity contribution in [3.8, 4) is 11.3 Å². The van der Waals surface area contributed by atoms with Crippen LogP contribution in [0.2, 0.25) is 0 Å². The van der Waals surface area contributed by atoms with Gasteiger partial charge in [0.05, 0.1) is 23.3 Å². The summed E-state index contributed by atoms with van der Waals surface area (Å²) < 4.78 is 0. The number of allylic oxidation sites excluding steroid dienone is 2. The molecule has 0 aliphatic rings. The summed E-state index contributed by atoms with van der Waals surface area (Å²) in [6, 6.07) is 0. The normalized spacial score (nSPS) is 10.0. The van der Waals surface area contributed by atoms with Crippen LogP contribution in [0.4, 0.5) is 0 Å². The lowest BCUT2D eigenvalue weighted by molar-refractivity contribution is 0.976. The monoisotopic (exact) mass is 237 g/mol. The second-order valence-corrected chi connectivity index (χ2v) is 3.67. The third-order valence-electron chi connectivity index (χ3n) is 2.44. The van der Waals surface area contributed by atoms with Gasteiger partial charge < -0.3 is 0 Å². The van der Waals surface area contributed by atoms with Crippen molar-refractivity contribution in [3.63, 3.8) is 0 Å². The molecular formula is C14H13N4. The van der Waals surface area contributed by atoms with Gasteiger partial charge in [0.1, 0.15) is 0 Å². The van der Waals surface area contributed by atoms with E-state index >= 15 is 0 Å². The molecule has 0 aliphatic heterocycles. The van der Waals surface area contributed by atoms with Gasteiger partial charge in [0.2, 0.25) is 0 Å². The molecular weight excluding hydrogens is 224 g/mol. The van der Waals surface area contributed by atoms with Crippen LogP contribution in [0.25, 0.3) is 11.3 Å². The highest BCUT2D eigenvalue weighted by Crippen LogP contribution is 2.23. The number of aromatic nitrogens is 4. The van der Waals surface area contributed by atoms with E-state index in [-0.39, 0.29) is 0 Å². The highest BCUT2D eigenvalue weighted by atomic mass is 14.9. The fraction of sp³-hybridized carbons (Fsp3) is 0.143. The third kappa shape index (κ3) is 2.48. The van der Waals surface area contributed by atoms with Gasteiger partial charge in [-0.3, -0.25) is 9.97 Å². The molecule has 0 N–H and O–H groups in total. The minimum absolute atomic E-state index is 0.648. The van der Waals surface area contributed by atoms with Crippen molar-refractivity contribution in [3.05, 3.63) is 61.6 Å². The molecule has 0 saturated heterocycles. The standard InChI is InChI=1S/C14H13N4/c1-3-5-11-14(13-9-15-7-8-16-13)12(6-4-2)18-10-17-11/h3-4,7-9H,1-2,5-6H2. The Kier molecular flexibility index (Phi) is 3.91. The van der Waals surface area contributed by atoms with Crippen molar-refractivity contribution in [2.45, 2.75) is 12.8 Å². The quantitative estimate of drug-likeness (QED) is 0.748. The summed E-state index contributed by atoms with van der Waals surface area (Å²) in [6.07, 6.45) is 12.6. The molecule has 89 valence electrons. The van der Waals surface area contributed by atoms with Crippen LogP contribution in [0.3, 0.4) is 0 Å². The highest BCUT2D eigenvalue weighted by Gasteiger charge is 2.13. The first-order valence-corrected chi connectivity index (χ1v) is 5.60. The summed E-state index contributed by atoms with van der Waals surface area (Å²) >= 11 is 0. The molecule has 0 atom stereocenters. The average molecular weight is 237 g/mol. The van der Waals surface area contributed by atoms with Crippen LogP contribution >= 0.6 is 0 Å². The Morgan fingerprint density at radius 2 is 1.72 bits per heavy atom. The van der Waals surface area contributed by atoms with E-state index in [4.69, 9.17) is 0 Å². The summed E-state index contributed by atoms with van der Waals surface area (Å²) in [5.41, 5.74) is 3.39. The maximum absolute atomic E-state index is 4.31. The van der Waals surface area contributed by atoms with Gasteiger partial charge >= 0.3 is 0 Å². The maximum Gasteiger partial charge on any atom is 0.198 e.